The van der Waals surface area contributed by atoms with Crippen LogP contribution in [0.4, 0.5) is 11.4 Å². The molecule has 10 aliphatic rings. The first-order chi connectivity index (χ1) is 62.8. The molecule has 8 aromatic carbocycles. The molecular weight excluding hydrogens is 1770 g/mol. The topological polar surface area (TPSA) is 111 Å². The van der Waals surface area contributed by atoms with E-state index in [-0.39, 0.29) is 46.8 Å². The number of ether oxygens (including phenoxy) is 4. The Hall–Kier alpha value is -8.08. The fraction of sp³-hybridized carbons (Fsp3) is 0.358. The third kappa shape index (κ3) is 20.4. The van der Waals surface area contributed by atoms with Crippen molar-refractivity contribution in [1.82, 2.24) is 44.4 Å². The minimum absolute atomic E-state index is 0.134. The summed E-state index contributed by atoms with van der Waals surface area (Å²) < 4.78 is 27.3. The zero-order valence-electron chi connectivity index (χ0n) is 72.6. The van der Waals surface area contributed by atoms with Crippen LogP contribution in [0, 0.1) is 0 Å². The molecule has 10 aliphatic heterocycles. The van der Waals surface area contributed by atoms with Gasteiger partial charge < -0.3 is 33.6 Å². The average Bonchev–Trinajstić information content (AvgIpc) is 1.60. The molecule has 4 atom stereocenters. The molecule has 129 heavy (non-hydrogen) atoms. The molecular formula is C106H107Cl8N11O4. The SMILES string of the molecule is CN1CCN(c2ccc(CN3CCC4(CC3)OC(c3cc(Cl)cc(Cl)c3)c3ccccc34)nc2)CC1.Clc1cc(Cl)cc(C2OC3(CCN(Cc4ccc(N5CCCCC5)cn4)CC3)c3ccccc32)c1.Clc1cc(Cl)cc(C2OC3(CCN(Cc4ccccn4)CC3)c3ccccc32)c1.Clc1cc(Cl)cc(C2OC3(CCN(Cc4ccccn4)CC3)c3ccccc32)c1. The zero-order valence-corrected chi connectivity index (χ0v) is 78.7. The largest absolute Gasteiger partial charge is 0.370 e. The van der Waals surface area contributed by atoms with Crippen molar-refractivity contribution in [3.05, 3.63) is 385 Å². The lowest BCUT2D eigenvalue weighted by Crippen LogP contribution is -2.44. The first-order valence-corrected chi connectivity index (χ1v) is 48.6. The summed E-state index contributed by atoms with van der Waals surface area (Å²) in [5, 5.41) is 5.12. The van der Waals surface area contributed by atoms with E-state index in [0.29, 0.717) is 40.2 Å². The number of aromatic nitrogens is 4. The van der Waals surface area contributed by atoms with Gasteiger partial charge in [0.1, 0.15) is 24.4 Å². The Kier molecular flexibility index (Phi) is 27.9. The Morgan fingerprint density at radius 2 is 0.527 bits per heavy atom. The number of hydrogen-bond donors (Lipinski definition) is 0. The van der Waals surface area contributed by atoms with Gasteiger partial charge in [-0.1, -0.05) is 202 Å². The van der Waals surface area contributed by atoms with Gasteiger partial charge in [-0.25, -0.2) is 0 Å². The van der Waals surface area contributed by atoms with Crippen molar-refractivity contribution in [3.63, 3.8) is 0 Å². The summed E-state index contributed by atoms with van der Waals surface area (Å²) in [6, 6.07) is 78.3. The fourth-order valence-electron chi connectivity index (χ4n) is 21.2. The number of likely N-dealkylation sites (N-methyl/N-ethyl adjacent to an activating group) is 1. The first-order valence-electron chi connectivity index (χ1n) is 45.6. The maximum atomic E-state index is 6.88. The highest BCUT2D eigenvalue weighted by Gasteiger charge is 2.52. The number of pyridine rings is 4. The summed E-state index contributed by atoms with van der Waals surface area (Å²) in [6.07, 6.45) is 18.8. The zero-order chi connectivity index (χ0) is 88.2. The molecule has 15 nitrogen and oxygen atoms in total. The van der Waals surface area contributed by atoms with Gasteiger partial charge >= 0.3 is 0 Å². The molecule has 0 amide bonds. The smallest absolute Gasteiger partial charge is 0.109 e. The molecule has 4 aromatic heterocycles. The molecule has 23 heteroatoms. The summed E-state index contributed by atoms with van der Waals surface area (Å²) >= 11 is 50.4. The summed E-state index contributed by atoms with van der Waals surface area (Å²) in [6.45, 7) is 18.0. The lowest BCUT2D eigenvalue weighted by molar-refractivity contribution is -0.0980. The molecule has 0 aliphatic carbocycles. The lowest BCUT2D eigenvalue weighted by atomic mass is 9.83. The van der Waals surface area contributed by atoms with E-state index in [1.165, 1.54) is 75.1 Å². The lowest BCUT2D eigenvalue weighted by Gasteiger charge is -2.39. The van der Waals surface area contributed by atoms with Crippen molar-refractivity contribution in [2.75, 3.05) is 108 Å². The number of benzene rings is 8. The van der Waals surface area contributed by atoms with E-state index in [9.17, 15) is 0 Å². The van der Waals surface area contributed by atoms with Gasteiger partial charge in [0.15, 0.2) is 0 Å². The van der Waals surface area contributed by atoms with E-state index in [2.05, 4.69) is 191 Å². The quantitative estimate of drug-likeness (QED) is 0.103. The van der Waals surface area contributed by atoms with E-state index in [1.807, 2.05) is 91.4 Å². The average molecular weight is 1880 g/mol. The van der Waals surface area contributed by atoms with E-state index < -0.39 is 0 Å². The van der Waals surface area contributed by atoms with Crippen LogP contribution in [0.25, 0.3) is 0 Å². The van der Waals surface area contributed by atoms with Gasteiger partial charge in [0.2, 0.25) is 0 Å². The molecule has 22 rings (SSSR count). The molecule has 6 saturated heterocycles. The van der Waals surface area contributed by atoms with Gasteiger partial charge in [-0.3, -0.25) is 39.5 Å². The second-order valence-corrected chi connectivity index (χ2v) is 39.7. The van der Waals surface area contributed by atoms with Gasteiger partial charge in [0.05, 0.1) is 68.9 Å². The number of fused-ring (bicyclic) bond motifs is 8. The Bertz CT molecular complexity index is 5610. The number of halogens is 8. The van der Waals surface area contributed by atoms with E-state index in [1.54, 1.807) is 24.3 Å². The summed E-state index contributed by atoms with van der Waals surface area (Å²) in [4.78, 5) is 35.7. The number of hydrogen-bond acceptors (Lipinski definition) is 15. The highest BCUT2D eigenvalue weighted by Crippen LogP contribution is 2.57. The monoisotopic (exact) mass is 1880 g/mol. The molecule has 6 fully saturated rings. The standard InChI is InChI=1S/C29H32Cl2N4O.C29H31Cl2N3O.2C24H22Cl2N2O/c1-33-12-14-35(15-13-33)25-7-6-24(32-19-25)20-34-10-8-29(9-11-34)27-5-3-2-4-26(27)28(36-29)21-16-22(30)18-23(31)17-21;30-22-16-21(17-23(31)18-22)28-26-6-2-3-7-27(26)29(35-28)10-14-33(15-11-29)20-24-8-9-25(19-32-24)34-12-4-1-5-13-34;2*25-18-13-17(14-19(26)15-18)23-21-6-1-2-7-22(21)24(29-23)8-11-28(12-9-24)16-20-5-3-4-10-27-20/h2-7,16-19,28H,8-15,20H2,1H3;2-3,6-9,16-19,28H,1,4-5,10-15,20H2;2*1-7,10,13-15,23H,8-9,11-12,16H2. The minimum Gasteiger partial charge on any atom is -0.370 e. The third-order valence-corrected chi connectivity index (χ3v) is 29.7. The van der Waals surface area contributed by atoms with Crippen LogP contribution in [0.3, 0.4) is 0 Å². The molecule has 666 valence electrons. The van der Waals surface area contributed by atoms with E-state index in [4.69, 9.17) is 122 Å². The Balaban J connectivity index is 0.000000112. The molecule has 4 spiro atoms. The van der Waals surface area contributed by atoms with Crippen molar-refractivity contribution in [1.29, 1.82) is 0 Å². The third-order valence-electron chi connectivity index (χ3n) is 27.9. The van der Waals surface area contributed by atoms with Crippen LogP contribution in [0.5, 0.6) is 0 Å². The van der Waals surface area contributed by atoms with Crippen LogP contribution < -0.4 is 9.80 Å². The molecule has 0 radical (unpaired) electrons. The second-order valence-electron chi connectivity index (χ2n) is 36.2. The number of rotatable bonds is 14. The van der Waals surface area contributed by atoms with Crippen molar-refractivity contribution in [2.45, 2.75) is 144 Å². The van der Waals surface area contributed by atoms with Gasteiger partial charge in [-0.15, -0.1) is 0 Å². The normalized spacial score (nSPS) is 21.4. The minimum atomic E-state index is -0.273. The number of likely N-dealkylation sites (tertiary alicyclic amines) is 4. The van der Waals surface area contributed by atoms with Crippen molar-refractivity contribution in [2.24, 2.45) is 0 Å². The van der Waals surface area contributed by atoms with Crippen LogP contribution in [0.2, 0.25) is 40.2 Å². The fourth-order valence-corrected chi connectivity index (χ4v) is 23.4. The van der Waals surface area contributed by atoms with Crippen LogP contribution in [0.15, 0.2) is 255 Å². The summed E-state index contributed by atoms with van der Waals surface area (Å²) in [5.41, 5.74) is 20.1. The highest BCUT2D eigenvalue weighted by atomic mass is 35.5. The van der Waals surface area contributed by atoms with E-state index in [0.717, 1.165) is 214 Å². The van der Waals surface area contributed by atoms with Crippen molar-refractivity contribution >= 4 is 104 Å². The maximum Gasteiger partial charge on any atom is 0.109 e. The van der Waals surface area contributed by atoms with E-state index >= 15 is 0 Å². The highest BCUT2D eigenvalue weighted by molar-refractivity contribution is 6.36. The Morgan fingerprint density at radius 3 is 0.783 bits per heavy atom. The number of anilines is 2. The predicted molar refractivity (Wildman–Crippen MR) is 521 cm³/mol. The van der Waals surface area contributed by atoms with Crippen LogP contribution in [-0.2, 0) is 67.5 Å². The van der Waals surface area contributed by atoms with Gasteiger partial charge in [-0.2, -0.15) is 0 Å². The summed E-state index contributed by atoms with van der Waals surface area (Å²) in [5.74, 6) is 0. The van der Waals surface area contributed by atoms with Gasteiger partial charge in [0, 0.05) is 170 Å². The van der Waals surface area contributed by atoms with Crippen LogP contribution in [0.1, 0.15) is 185 Å². The molecule has 4 unspecified atom stereocenters. The molecule has 0 saturated carbocycles. The van der Waals surface area contributed by atoms with Crippen molar-refractivity contribution < 1.29 is 18.9 Å². The molecule has 0 N–H and O–H groups in total. The predicted octanol–water partition coefficient (Wildman–Crippen LogP) is 24.7. The van der Waals surface area contributed by atoms with Crippen molar-refractivity contribution in [3.8, 4) is 0 Å². The Morgan fingerprint density at radius 1 is 0.271 bits per heavy atom. The first kappa shape index (κ1) is 90.1. The molecule has 0 bridgehead atoms. The van der Waals surface area contributed by atoms with Gasteiger partial charge in [-0.05, 0) is 266 Å². The maximum absolute atomic E-state index is 6.88. The number of piperidine rings is 5. The second kappa shape index (κ2) is 40.0. The molecule has 14 heterocycles. The molecule has 12 aromatic rings. The van der Waals surface area contributed by atoms with Crippen LogP contribution in [-0.4, -0.2) is 143 Å². The summed E-state index contributed by atoms with van der Waals surface area (Å²) in [7, 11) is 2.18. The number of piperazine rings is 1. The Labute approximate surface area is 798 Å². The van der Waals surface area contributed by atoms with Crippen LogP contribution >= 0.6 is 92.8 Å². The number of nitrogens with zero attached hydrogens (tertiary/aromatic N) is 11. The van der Waals surface area contributed by atoms with Gasteiger partial charge in [0.25, 0.3) is 0 Å².